The van der Waals surface area contributed by atoms with E-state index in [4.69, 9.17) is 11.6 Å². The Balaban J connectivity index is 1.98. The van der Waals surface area contributed by atoms with Crippen LogP contribution in [0.15, 0.2) is 18.2 Å². The number of benzene rings is 1. The Morgan fingerprint density at radius 1 is 1.35 bits per heavy atom. The van der Waals surface area contributed by atoms with Crippen LogP contribution in [0.5, 0.6) is 0 Å². The van der Waals surface area contributed by atoms with Crippen molar-refractivity contribution in [2.45, 2.75) is 18.9 Å². The number of nitro groups is 1. The summed E-state index contributed by atoms with van der Waals surface area (Å²) in [4.78, 5) is 13.4. The summed E-state index contributed by atoms with van der Waals surface area (Å²) in [5.41, 5.74) is 0.983. The molecule has 108 valence electrons. The van der Waals surface area contributed by atoms with Crippen LogP contribution in [0.3, 0.4) is 0 Å². The molecule has 1 aromatic carbocycles. The molecule has 1 N–H and O–H groups in total. The lowest BCUT2D eigenvalue weighted by Crippen LogP contribution is -2.45. The molecule has 1 saturated heterocycles. The summed E-state index contributed by atoms with van der Waals surface area (Å²) in [6.45, 7) is 3.75. The Kier molecular flexibility index (Phi) is 3.92. The largest absolute Gasteiger partial charge is 0.314 e. The fourth-order valence-corrected chi connectivity index (χ4v) is 3.23. The molecular weight excluding hydrogens is 278 g/mol. The fraction of sp³-hybridized carbons (Fsp3) is 0.571. The van der Waals surface area contributed by atoms with Crippen molar-refractivity contribution in [2.24, 2.45) is 5.92 Å². The lowest BCUT2D eigenvalue weighted by molar-refractivity contribution is -0.386. The zero-order valence-electron chi connectivity index (χ0n) is 11.2. The van der Waals surface area contributed by atoms with Gasteiger partial charge in [-0.1, -0.05) is 11.6 Å². The molecule has 6 heteroatoms. The SMILES string of the molecule is O=[N+]([O-])c1ccc(Cl)cc1[C@H](C1CC1)N1CCNCC1. The van der Waals surface area contributed by atoms with Gasteiger partial charge in [0.25, 0.3) is 5.69 Å². The van der Waals surface area contributed by atoms with E-state index in [0.717, 1.165) is 44.6 Å². The van der Waals surface area contributed by atoms with Gasteiger partial charge >= 0.3 is 0 Å². The normalized spacial score (nSPS) is 21.6. The lowest BCUT2D eigenvalue weighted by atomic mass is 9.98. The number of nitro benzene ring substituents is 1. The van der Waals surface area contributed by atoms with Crippen LogP contribution in [0.4, 0.5) is 5.69 Å². The highest BCUT2D eigenvalue weighted by Gasteiger charge is 2.39. The Hall–Kier alpha value is -1.17. The highest BCUT2D eigenvalue weighted by Crippen LogP contribution is 2.47. The van der Waals surface area contributed by atoms with Crippen molar-refractivity contribution in [1.82, 2.24) is 10.2 Å². The van der Waals surface area contributed by atoms with Crippen LogP contribution >= 0.6 is 11.6 Å². The zero-order valence-corrected chi connectivity index (χ0v) is 12.0. The second kappa shape index (κ2) is 5.68. The van der Waals surface area contributed by atoms with Crippen LogP contribution in [0, 0.1) is 16.0 Å². The second-order valence-corrected chi connectivity index (χ2v) is 5.96. The summed E-state index contributed by atoms with van der Waals surface area (Å²) in [7, 11) is 0. The first-order valence-electron chi connectivity index (χ1n) is 7.05. The van der Waals surface area contributed by atoms with Crippen LogP contribution in [0.1, 0.15) is 24.4 Å². The molecular formula is C14H18ClN3O2. The van der Waals surface area contributed by atoms with Gasteiger partial charge in [0.2, 0.25) is 0 Å². The van der Waals surface area contributed by atoms with Gasteiger partial charge in [-0.3, -0.25) is 15.0 Å². The van der Waals surface area contributed by atoms with E-state index in [9.17, 15) is 10.1 Å². The maximum Gasteiger partial charge on any atom is 0.274 e. The summed E-state index contributed by atoms with van der Waals surface area (Å²) in [6, 6.07) is 5.06. The summed E-state index contributed by atoms with van der Waals surface area (Å²) in [5, 5.41) is 15.2. The molecule has 3 rings (SSSR count). The predicted octanol–water partition coefficient (Wildman–Crippen LogP) is 2.60. The third kappa shape index (κ3) is 2.80. The topological polar surface area (TPSA) is 58.4 Å². The second-order valence-electron chi connectivity index (χ2n) is 5.53. The van der Waals surface area contributed by atoms with Gasteiger partial charge in [0.05, 0.1) is 4.92 Å². The summed E-state index contributed by atoms with van der Waals surface area (Å²) < 4.78 is 0. The number of piperazine rings is 1. The maximum absolute atomic E-state index is 11.3. The van der Waals surface area contributed by atoms with E-state index in [2.05, 4.69) is 10.2 Å². The first-order valence-corrected chi connectivity index (χ1v) is 7.43. The number of halogens is 1. The first-order chi connectivity index (χ1) is 9.66. The van der Waals surface area contributed by atoms with Crippen molar-refractivity contribution < 1.29 is 4.92 Å². The smallest absolute Gasteiger partial charge is 0.274 e. The molecule has 5 nitrogen and oxygen atoms in total. The minimum atomic E-state index is -0.288. The van der Waals surface area contributed by atoms with E-state index in [-0.39, 0.29) is 16.7 Å². The Morgan fingerprint density at radius 2 is 2.05 bits per heavy atom. The highest BCUT2D eigenvalue weighted by molar-refractivity contribution is 6.30. The van der Waals surface area contributed by atoms with Crippen LogP contribution < -0.4 is 5.32 Å². The van der Waals surface area contributed by atoms with Crippen LogP contribution in [-0.2, 0) is 0 Å². The fourth-order valence-electron chi connectivity index (χ4n) is 3.05. The Bertz CT molecular complexity index is 513. The van der Waals surface area contributed by atoms with Crippen LogP contribution in [0.25, 0.3) is 0 Å². The molecule has 0 unspecified atom stereocenters. The van der Waals surface area contributed by atoms with Crippen molar-refractivity contribution in [1.29, 1.82) is 0 Å². The van der Waals surface area contributed by atoms with Gasteiger partial charge in [-0.2, -0.15) is 0 Å². The highest BCUT2D eigenvalue weighted by atomic mass is 35.5. The average Bonchev–Trinajstić information content (AvgIpc) is 3.25. The number of nitrogens with zero attached hydrogens (tertiary/aromatic N) is 2. The van der Waals surface area contributed by atoms with Crippen LogP contribution in [-0.4, -0.2) is 36.0 Å². The quantitative estimate of drug-likeness (QED) is 0.685. The molecule has 0 amide bonds. The summed E-state index contributed by atoms with van der Waals surface area (Å²) >= 11 is 6.08. The lowest BCUT2D eigenvalue weighted by Gasteiger charge is -2.35. The van der Waals surface area contributed by atoms with Crippen molar-refractivity contribution >= 4 is 17.3 Å². The van der Waals surface area contributed by atoms with E-state index in [1.807, 2.05) is 0 Å². The monoisotopic (exact) mass is 295 g/mol. The number of hydrogen-bond donors (Lipinski definition) is 1. The number of hydrogen-bond acceptors (Lipinski definition) is 4. The molecule has 0 spiro atoms. The van der Waals surface area contributed by atoms with E-state index >= 15 is 0 Å². The van der Waals surface area contributed by atoms with Gasteiger partial charge in [0, 0.05) is 48.9 Å². The molecule has 1 aliphatic heterocycles. The van der Waals surface area contributed by atoms with Gasteiger partial charge in [-0.15, -0.1) is 0 Å². The Morgan fingerprint density at radius 3 is 2.65 bits per heavy atom. The van der Waals surface area contributed by atoms with E-state index in [1.165, 1.54) is 6.07 Å². The standard InChI is InChI=1S/C14H18ClN3O2/c15-11-3-4-13(18(19)20)12(9-11)14(10-1-2-10)17-7-5-16-6-8-17/h3-4,9-10,14,16H,1-2,5-8H2/t14-/m0/s1. The third-order valence-corrected chi connectivity index (χ3v) is 4.35. The maximum atomic E-state index is 11.3. The molecule has 1 heterocycles. The minimum absolute atomic E-state index is 0.135. The molecule has 2 aliphatic rings. The molecule has 1 aromatic rings. The number of nitrogens with one attached hydrogen (secondary N) is 1. The molecule has 2 fully saturated rings. The van der Waals surface area contributed by atoms with Gasteiger partial charge < -0.3 is 5.32 Å². The van der Waals surface area contributed by atoms with E-state index in [0.29, 0.717) is 10.9 Å². The molecule has 1 aliphatic carbocycles. The molecule has 1 saturated carbocycles. The van der Waals surface area contributed by atoms with E-state index in [1.54, 1.807) is 12.1 Å². The van der Waals surface area contributed by atoms with E-state index < -0.39 is 0 Å². The van der Waals surface area contributed by atoms with Crippen molar-refractivity contribution in [3.63, 3.8) is 0 Å². The van der Waals surface area contributed by atoms with Gasteiger partial charge in [-0.05, 0) is 30.9 Å². The van der Waals surface area contributed by atoms with Crippen molar-refractivity contribution in [3.8, 4) is 0 Å². The molecule has 0 bridgehead atoms. The Labute approximate surface area is 123 Å². The van der Waals surface area contributed by atoms with Crippen LogP contribution in [0.2, 0.25) is 5.02 Å². The van der Waals surface area contributed by atoms with Crippen molar-refractivity contribution in [3.05, 3.63) is 38.9 Å². The number of rotatable bonds is 4. The predicted molar refractivity (Wildman–Crippen MR) is 78.0 cm³/mol. The van der Waals surface area contributed by atoms with Gasteiger partial charge in [0.1, 0.15) is 0 Å². The molecule has 1 atom stereocenters. The zero-order chi connectivity index (χ0) is 14.1. The van der Waals surface area contributed by atoms with Gasteiger partial charge in [-0.25, -0.2) is 0 Å². The molecule has 0 radical (unpaired) electrons. The molecule has 0 aromatic heterocycles. The van der Waals surface area contributed by atoms with Gasteiger partial charge in [0.15, 0.2) is 0 Å². The minimum Gasteiger partial charge on any atom is -0.314 e. The van der Waals surface area contributed by atoms with Crippen molar-refractivity contribution in [2.75, 3.05) is 26.2 Å². The summed E-state index contributed by atoms with van der Waals surface area (Å²) in [6.07, 6.45) is 2.30. The molecule has 20 heavy (non-hydrogen) atoms. The first kappa shape index (κ1) is 13.8. The average molecular weight is 296 g/mol. The summed E-state index contributed by atoms with van der Waals surface area (Å²) in [5.74, 6) is 0.533. The third-order valence-electron chi connectivity index (χ3n) is 4.12.